The molecule has 2 amide bonds. The van der Waals surface area contributed by atoms with E-state index in [2.05, 4.69) is 40.9 Å². The topological polar surface area (TPSA) is 108 Å². The smallest absolute Gasteiger partial charge is 0.245 e. The second-order valence-corrected chi connectivity index (χ2v) is 9.82. The van der Waals surface area contributed by atoms with Crippen molar-refractivity contribution in [3.63, 3.8) is 0 Å². The Bertz CT molecular complexity index is 1060. The number of likely N-dealkylation sites (tertiary alicyclic amines) is 1. The highest BCUT2D eigenvalue weighted by Crippen LogP contribution is 2.41. The van der Waals surface area contributed by atoms with Gasteiger partial charge in [0.2, 0.25) is 17.8 Å². The van der Waals surface area contributed by atoms with E-state index in [9.17, 15) is 9.59 Å². The van der Waals surface area contributed by atoms with Gasteiger partial charge in [-0.25, -0.2) is 4.98 Å². The third-order valence-corrected chi connectivity index (χ3v) is 6.62. The summed E-state index contributed by atoms with van der Waals surface area (Å²) in [6, 6.07) is -0.0621. The molecule has 2 fully saturated rings. The Hall–Kier alpha value is -3.17. The van der Waals surface area contributed by atoms with Crippen LogP contribution in [0.3, 0.4) is 0 Å². The quantitative estimate of drug-likeness (QED) is 0.583. The molecule has 2 saturated heterocycles. The average Bonchev–Trinajstić information content (AvgIpc) is 3.36. The van der Waals surface area contributed by atoms with Crippen LogP contribution in [0.25, 0.3) is 11.2 Å². The molecule has 1 atom stereocenters. The van der Waals surface area contributed by atoms with Gasteiger partial charge in [-0.2, -0.15) is 9.97 Å². The first-order valence-corrected chi connectivity index (χ1v) is 11.6. The number of anilines is 2. The van der Waals surface area contributed by atoms with Crippen LogP contribution in [0.5, 0.6) is 0 Å². The Kier molecular flexibility index (Phi) is 6.27. The van der Waals surface area contributed by atoms with Crippen LogP contribution in [0.1, 0.15) is 33.1 Å². The number of nitrogens with zero attached hydrogens (tertiary/aromatic N) is 6. The van der Waals surface area contributed by atoms with Crippen LogP contribution in [-0.4, -0.2) is 75.5 Å². The van der Waals surface area contributed by atoms with Gasteiger partial charge in [0.05, 0.1) is 6.33 Å². The molecular formula is C23H34N8O2. The van der Waals surface area contributed by atoms with Gasteiger partial charge in [0, 0.05) is 58.2 Å². The third kappa shape index (κ3) is 4.65. The van der Waals surface area contributed by atoms with Crippen molar-refractivity contribution in [1.82, 2.24) is 29.7 Å². The lowest BCUT2D eigenvalue weighted by Gasteiger charge is -2.47. The molecule has 4 rings (SSSR count). The first-order valence-electron chi connectivity index (χ1n) is 11.6. The maximum absolute atomic E-state index is 12.1. The Balaban J connectivity index is 1.58. The summed E-state index contributed by atoms with van der Waals surface area (Å²) in [5.41, 5.74) is 1.55. The van der Waals surface area contributed by atoms with Crippen LogP contribution >= 0.6 is 0 Å². The molecule has 1 unspecified atom stereocenters. The summed E-state index contributed by atoms with van der Waals surface area (Å²) >= 11 is 0. The number of carbonyl (C=O) groups is 2. The number of carbonyl (C=O) groups excluding carboxylic acids is 2. The number of aromatic nitrogens is 4. The van der Waals surface area contributed by atoms with Crippen LogP contribution in [0.4, 0.5) is 11.8 Å². The molecule has 4 heterocycles. The summed E-state index contributed by atoms with van der Waals surface area (Å²) in [5, 5.41) is 6.21. The highest BCUT2D eigenvalue weighted by Gasteiger charge is 2.49. The molecule has 2 aromatic heterocycles. The van der Waals surface area contributed by atoms with E-state index >= 15 is 0 Å². The van der Waals surface area contributed by atoms with Gasteiger partial charge >= 0.3 is 0 Å². The van der Waals surface area contributed by atoms with Gasteiger partial charge in [0.15, 0.2) is 17.0 Å². The van der Waals surface area contributed by atoms with E-state index in [4.69, 9.17) is 9.97 Å². The first kappa shape index (κ1) is 23.0. The van der Waals surface area contributed by atoms with Crippen LogP contribution in [-0.2, 0) is 16.6 Å². The van der Waals surface area contributed by atoms with Crippen molar-refractivity contribution in [2.45, 2.75) is 39.2 Å². The average molecular weight is 455 g/mol. The summed E-state index contributed by atoms with van der Waals surface area (Å²) in [6.45, 7) is 11.0. The molecule has 10 nitrogen and oxygen atoms in total. The highest BCUT2D eigenvalue weighted by molar-refractivity contribution is 5.88. The van der Waals surface area contributed by atoms with Crippen molar-refractivity contribution in [2.24, 2.45) is 18.4 Å². The molecule has 2 aliphatic rings. The van der Waals surface area contributed by atoms with E-state index in [1.54, 1.807) is 13.4 Å². The number of nitrogens with one attached hydrogen (secondary N) is 2. The molecule has 0 saturated carbocycles. The Morgan fingerprint density at radius 1 is 1.27 bits per heavy atom. The van der Waals surface area contributed by atoms with E-state index in [0.29, 0.717) is 29.6 Å². The zero-order valence-electron chi connectivity index (χ0n) is 20.0. The maximum atomic E-state index is 12.1. The molecule has 2 aromatic rings. The molecule has 1 spiro atoms. The van der Waals surface area contributed by atoms with Crippen LogP contribution < -0.4 is 15.5 Å². The van der Waals surface area contributed by atoms with Gasteiger partial charge in [-0.3, -0.25) is 9.59 Å². The number of hydrogen-bond donors (Lipinski definition) is 2. The van der Waals surface area contributed by atoms with Crippen molar-refractivity contribution in [3.8, 4) is 0 Å². The van der Waals surface area contributed by atoms with Crippen LogP contribution in [0.2, 0.25) is 0 Å². The second-order valence-electron chi connectivity index (χ2n) is 9.82. The van der Waals surface area contributed by atoms with Crippen LogP contribution in [0, 0.1) is 11.3 Å². The van der Waals surface area contributed by atoms with Crippen LogP contribution in [0.15, 0.2) is 19.0 Å². The normalized spacial score (nSPS) is 18.0. The second kappa shape index (κ2) is 8.99. The lowest BCUT2D eigenvalue weighted by atomic mass is 9.79. The number of rotatable bonds is 8. The molecule has 33 heavy (non-hydrogen) atoms. The molecule has 0 radical (unpaired) electrons. The number of hydrogen-bond acceptors (Lipinski definition) is 7. The number of amides is 2. The number of imidazole rings is 1. The number of aryl methyl sites for hydroxylation is 1. The van der Waals surface area contributed by atoms with E-state index in [1.807, 2.05) is 16.5 Å². The van der Waals surface area contributed by atoms with Gasteiger partial charge in [-0.05, 0) is 24.8 Å². The Labute approximate surface area is 194 Å². The summed E-state index contributed by atoms with van der Waals surface area (Å²) in [6.07, 6.45) is 5.31. The zero-order chi connectivity index (χ0) is 23.8. The predicted octanol–water partition coefficient (Wildman–Crippen LogP) is 1.55. The van der Waals surface area contributed by atoms with Crippen molar-refractivity contribution >= 4 is 34.7 Å². The van der Waals surface area contributed by atoms with Crippen molar-refractivity contribution in [2.75, 3.05) is 43.4 Å². The predicted molar refractivity (Wildman–Crippen MR) is 128 cm³/mol. The van der Waals surface area contributed by atoms with Crippen molar-refractivity contribution in [1.29, 1.82) is 0 Å². The van der Waals surface area contributed by atoms with Gasteiger partial charge in [-0.15, -0.1) is 0 Å². The standard InChI is InChI=1S/C23H34N8O2/c1-6-18(33)31-12-23(13-31)7-8-30(11-23)22-27-20(19-21(28-22)29(5)14-25-19)26-16(9-15(2)3)10-17(32)24-4/h6,14-16H,1,7-13H2,2-5H3,(H,24,32)(H,26,27,28). The molecule has 0 aromatic carbocycles. The maximum Gasteiger partial charge on any atom is 0.245 e. The van der Waals surface area contributed by atoms with E-state index < -0.39 is 0 Å². The molecule has 2 aliphatic heterocycles. The largest absolute Gasteiger partial charge is 0.365 e. The van der Waals surface area contributed by atoms with Gasteiger partial charge in [-0.1, -0.05) is 20.4 Å². The summed E-state index contributed by atoms with van der Waals surface area (Å²) in [4.78, 5) is 42.2. The summed E-state index contributed by atoms with van der Waals surface area (Å²) in [5.74, 6) is 1.71. The monoisotopic (exact) mass is 454 g/mol. The minimum Gasteiger partial charge on any atom is -0.365 e. The summed E-state index contributed by atoms with van der Waals surface area (Å²) < 4.78 is 1.89. The first-order chi connectivity index (χ1) is 15.7. The van der Waals surface area contributed by atoms with Gasteiger partial charge in [0.1, 0.15) is 0 Å². The van der Waals surface area contributed by atoms with Gasteiger partial charge in [0.25, 0.3) is 0 Å². The van der Waals surface area contributed by atoms with E-state index in [-0.39, 0.29) is 23.3 Å². The molecule has 10 heteroatoms. The highest BCUT2D eigenvalue weighted by atomic mass is 16.2. The zero-order valence-corrected chi connectivity index (χ0v) is 20.0. The minimum atomic E-state index is -0.0621. The fraction of sp³-hybridized carbons (Fsp3) is 0.609. The molecule has 178 valence electrons. The molecular weight excluding hydrogens is 420 g/mol. The number of fused-ring (bicyclic) bond motifs is 1. The minimum absolute atomic E-state index is 0.00886. The fourth-order valence-corrected chi connectivity index (χ4v) is 4.93. The molecule has 0 aliphatic carbocycles. The van der Waals surface area contributed by atoms with Gasteiger partial charge < -0.3 is 25.0 Å². The third-order valence-electron chi connectivity index (χ3n) is 6.62. The lowest BCUT2D eigenvalue weighted by molar-refractivity contribution is -0.136. The molecule has 0 bridgehead atoms. The summed E-state index contributed by atoms with van der Waals surface area (Å²) in [7, 11) is 3.57. The van der Waals surface area contributed by atoms with Crippen molar-refractivity contribution < 1.29 is 9.59 Å². The fourth-order valence-electron chi connectivity index (χ4n) is 4.93. The van der Waals surface area contributed by atoms with Crippen molar-refractivity contribution in [3.05, 3.63) is 19.0 Å². The Morgan fingerprint density at radius 3 is 2.70 bits per heavy atom. The Morgan fingerprint density at radius 2 is 2.03 bits per heavy atom. The SMILES string of the molecule is C=CC(=O)N1CC2(CCN(c3nc(NC(CC(=O)NC)CC(C)C)c4ncn(C)c4n3)C2)C1. The lowest BCUT2D eigenvalue weighted by Crippen LogP contribution is -2.59. The molecule has 2 N–H and O–H groups in total. The van der Waals surface area contributed by atoms with E-state index in [1.165, 1.54) is 6.08 Å². The van der Waals surface area contributed by atoms with E-state index in [0.717, 1.165) is 44.7 Å².